The minimum atomic E-state index is 0.796. The van der Waals surface area contributed by atoms with Crippen molar-refractivity contribution in [2.75, 3.05) is 319 Å². The Labute approximate surface area is 894 Å². The van der Waals surface area contributed by atoms with E-state index in [0.717, 1.165) is 150 Å². The first-order chi connectivity index (χ1) is 69.7. The number of hydrogen-bond acceptors (Lipinski definition) is 21. The third-order valence-electron chi connectivity index (χ3n) is 42.3. The quantitative estimate of drug-likeness (QED) is 0.108. The highest BCUT2D eigenvalue weighted by Crippen LogP contribution is 2.38. The van der Waals surface area contributed by atoms with Crippen LogP contribution in [-0.2, 0) is 0 Å². The van der Waals surface area contributed by atoms with Crippen LogP contribution in [0.15, 0.2) is 0 Å². The molecule has 0 spiro atoms. The van der Waals surface area contributed by atoms with Gasteiger partial charge in [-0.1, -0.05) is 141 Å². The Bertz CT molecular complexity index is 3140. The van der Waals surface area contributed by atoms with Gasteiger partial charge in [0.05, 0.1) is 0 Å². The van der Waals surface area contributed by atoms with E-state index < -0.39 is 0 Å². The van der Waals surface area contributed by atoms with Crippen molar-refractivity contribution in [3.63, 3.8) is 0 Å². The minimum absolute atomic E-state index is 0.796. The molecule has 19 aliphatic heterocycles. The molecule has 842 valence electrons. The van der Waals surface area contributed by atoms with Crippen LogP contribution in [-0.4, -0.2) is 491 Å². The van der Waals surface area contributed by atoms with Crippen LogP contribution in [0, 0.1) is 71.0 Å². The highest BCUT2D eigenvalue weighted by molar-refractivity contribution is 4.99. The smallest absolute Gasteiger partial charge is 0.0350 e. The number of nitrogens with one attached hydrogen (secondary N) is 2. The molecule has 0 radical (unpaired) electrons. The third kappa shape index (κ3) is 39.7. The summed E-state index contributed by atoms with van der Waals surface area (Å²) in [5, 5.41) is 6.77. The van der Waals surface area contributed by atoms with Crippen molar-refractivity contribution in [2.24, 2.45) is 71.0 Å². The van der Waals surface area contributed by atoms with Crippen LogP contribution in [0.1, 0.15) is 327 Å². The number of piperidine rings is 7. The van der Waals surface area contributed by atoms with Gasteiger partial charge in [0.1, 0.15) is 0 Å². The van der Waals surface area contributed by atoms with Gasteiger partial charge < -0.3 is 69.4 Å². The van der Waals surface area contributed by atoms with Crippen LogP contribution < -0.4 is 10.6 Å². The third-order valence-corrected chi connectivity index (χ3v) is 42.3. The Morgan fingerprint density at radius 1 is 0.153 bits per heavy atom. The molecular formula is C123H245N21. The summed E-state index contributed by atoms with van der Waals surface area (Å²) in [5.41, 5.74) is 0. The summed E-state index contributed by atoms with van der Waals surface area (Å²) in [5.74, 6) is 12.0. The molecule has 3 saturated carbocycles. The van der Waals surface area contributed by atoms with Crippen LogP contribution >= 0.6 is 0 Å². The van der Waals surface area contributed by atoms with Crippen molar-refractivity contribution in [1.82, 2.24) is 104 Å². The predicted octanol–water partition coefficient (Wildman–Crippen LogP) is 17.6. The summed E-state index contributed by atoms with van der Waals surface area (Å²) in [6.45, 7) is 79.0. The van der Waals surface area contributed by atoms with Crippen LogP contribution in [0.4, 0.5) is 0 Å². The van der Waals surface area contributed by atoms with Gasteiger partial charge in [0.2, 0.25) is 0 Å². The molecule has 8 unspecified atom stereocenters. The van der Waals surface area contributed by atoms with E-state index in [1.807, 2.05) is 0 Å². The molecule has 0 amide bonds. The molecule has 144 heavy (non-hydrogen) atoms. The summed E-state index contributed by atoms with van der Waals surface area (Å²) >= 11 is 0. The van der Waals surface area contributed by atoms with Crippen molar-refractivity contribution in [3.8, 4) is 0 Å². The lowest BCUT2D eigenvalue weighted by Crippen LogP contribution is -2.64. The molecule has 19 heterocycles. The van der Waals surface area contributed by atoms with E-state index in [1.165, 1.54) is 493 Å². The van der Waals surface area contributed by atoms with Gasteiger partial charge in [0.25, 0.3) is 0 Å². The van der Waals surface area contributed by atoms with Gasteiger partial charge >= 0.3 is 0 Å². The van der Waals surface area contributed by atoms with Gasteiger partial charge in [-0.2, -0.15) is 0 Å². The Balaban J connectivity index is 0.000000141. The average Bonchev–Trinajstić information content (AvgIpc) is 1.20. The normalized spacial score (nSPS) is 33.5. The van der Waals surface area contributed by atoms with Gasteiger partial charge in [-0.25, -0.2) is 0 Å². The maximum absolute atomic E-state index is 3.42. The molecule has 0 aromatic carbocycles. The molecular weight excluding hydrogens is 1770 g/mol. The monoisotopic (exact) mass is 2020 g/mol. The highest BCUT2D eigenvalue weighted by atomic mass is 15.4. The average molecular weight is 2020 g/mol. The van der Waals surface area contributed by atoms with Crippen molar-refractivity contribution in [3.05, 3.63) is 0 Å². The van der Waals surface area contributed by atoms with E-state index in [4.69, 9.17) is 0 Å². The molecule has 22 fully saturated rings. The molecule has 0 bridgehead atoms. The van der Waals surface area contributed by atoms with Gasteiger partial charge in [0, 0.05) is 196 Å². The van der Waals surface area contributed by atoms with Crippen LogP contribution in [0.5, 0.6) is 0 Å². The summed E-state index contributed by atoms with van der Waals surface area (Å²) < 4.78 is 0. The maximum atomic E-state index is 3.42. The largest absolute Gasteiger partial charge is 0.317 e. The lowest BCUT2D eigenvalue weighted by Gasteiger charge is -2.51. The Kier molecular flexibility index (Phi) is 54.7. The fourth-order valence-electron chi connectivity index (χ4n) is 29.4. The zero-order valence-electron chi connectivity index (χ0n) is 99.7. The zero-order valence-corrected chi connectivity index (χ0v) is 99.7. The fraction of sp³-hybridized carbons (Fsp3) is 1.00. The molecule has 3 aliphatic carbocycles. The van der Waals surface area contributed by atoms with E-state index in [2.05, 4.69) is 257 Å². The lowest BCUT2D eigenvalue weighted by atomic mass is 9.84. The molecule has 8 atom stereocenters. The van der Waals surface area contributed by atoms with Gasteiger partial charge in [0.15, 0.2) is 0 Å². The van der Waals surface area contributed by atoms with Crippen LogP contribution in [0.25, 0.3) is 0 Å². The second-order valence-corrected chi connectivity index (χ2v) is 53.2. The van der Waals surface area contributed by atoms with Crippen molar-refractivity contribution in [1.29, 1.82) is 0 Å². The number of likely N-dealkylation sites (N-methyl/N-ethyl adjacent to an activating group) is 6. The first-order valence-electron chi connectivity index (χ1n) is 63.7. The first-order valence-corrected chi connectivity index (χ1v) is 63.7. The highest BCUT2D eigenvalue weighted by Gasteiger charge is 2.43. The molecule has 0 aromatic heterocycles. The topological polar surface area (TPSA) is 85.6 Å². The zero-order chi connectivity index (χ0) is 103. The van der Waals surface area contributed by atoms with Crippen molar-refractivity contribution in [2.45, 2.75) is 406 Å². The lowest BCUT2D eigenvalue weighted by molar-refractivity contribution is -0.0213. The molecule has 19 saturated heterocycles. The summed E-state index contributed by atoms with van der Waals surface area (Å²) in [6.07, 6.45) is 53.7. The van der Waals surface area contributed by atoms with E-state index >= 15 is 0 Å². The van der Waals surface area contributed by atoms with Crippen LogP contribution in [0.2, 0.25) is 0 Å². The van der Waals surface area contributed by atoms with E-state index in [1.54, 1.807) is 0 Å². The first kappa shape index (κ1) is 122. The molecule has 2 N–H and O–H groups in total. The molecule has 0 aromatic rings. The van der Waals surface area contributed by atoms with Gasteiger partial charge in [-0.3, -0.25) is 34.3 Å². The van der Waals surface area contributed by atoms with Crippen molar-refractivity contribution >= 4 is 0 Å². The molecule has 22 rings (SSSR count). The van der Waals surface area contributed by atoms with Crippen molar-refractivity contribution < 1.29 is 0 Å². The van der Waals surface area contributed by atoms with Gasteiger partial charge in [-0.15, -0.1) is 0 Å². The maximum Gasteiger partial charge on any atom is 0.0350 e. The van der Waals surface area contributed by atoms with Crippen LogP contribution in [0.3, 0.4) is 0 Å². The van der Waals surface area contributed by atoms with E-state index in [-0.39, 0.29) is 0 Å². The molecule has 21 nitrogen and oxygen atoms in total. The second-order valence-electron chi connectivity index (χ2n) is 53.2. The van der Waals surface area contributed by atoms with Gasteiger partial charge in [-0.05, 0) is 459 Å². The minimum Gasteiger partial charge on any atom is -0.317 e. The summed E-state index contributed by atoms with van der Waals surface area (Å²) in [6, 6.07) is 11.5. The summed E-state index contributed by atoms with van der Waals surface area (Å²) in [7, 11) is 22.0. The number of nitrogens with zero attached hydrogens (tertiary/aromatic N) is 19. The van der Waals surface area contributed by atoms with E-state index in [9.17, 15) is 0 Å². The number of rotatable bonds is 22. The number of likely N-dealkylation sites (tertiary alicyclic amines) is 19. The summed E-state index contributed by atoms with van der Waals surface area (Å²) in [4.78, 5) is 49.3. The van der Waals surface area contributed by atoms with E-state index in [0.29, 0.717) is 0 Å². The Morgan fingerprint density at radius 3 is 0.701 bits per heavy atom. The molecule has 22 aliphatic rings. The predicted molar refractivity (Wildman–Crippen MR) is 620 cm³/mol. The SMILES string of the molecule is CCC1CCC(N2CCC(C)CC2)C1.CCC1CCN(C2CCN(C)C2)C1.CCC1CCN(C2CCN(C)C2)CC1.CCC1CCN(C2CCN(C)CC2)C1.CCC1CCN(C2CN(C)C2)C1.CCC1CCN(C2CN(C)C2)CC1.CCC1CN(C2CCN(C)C2)C1.CCC1CN(C2CCN(C)CC2)C1.CCC1CN(C2CN(C)C2)C1.CNC1CC(N2CCC(C)CC2)C1.CNC1CCC(N2CCC(C)CC2)CC1. The standard InChI is InChI=1S/C13H26N2.C13H25N.2C12H24N2.4C11H22N2.2C10H20N2.C9H18N2/c1-11-7-9-15(10-8-11)13-5-3-12(14-2)4-6-13;1-3-12-4-5-13(10-12)14-8-6-11(2)7-9-14;1-3-11-4-8-14(9-5-11)12-6-7-13(2)10-12;1-3-11-4-9-14(10-11)12-5-7-13(2)8-6-12;1-9-3-5-13(6-4-9)11-7-10(8-11)12-2;1-3-10-4-7-13(8-10)11-5-6-12(2)9-11;1-3-10-8-13(9-10)11-4-6-12(2)7-5-11;1-3-10-4-6-13(7-5-10)11-8-12(2)9-11;1-3-9-6-12(7-9)10-4-5-11(2)8-10;1-3-9-4-5-12(6-9)10-7-11(2)8-10;1-3-8-4-11(5-8)9-6-10(2)7-9/h11-14H,3-10H2,1-2H3;11-13H,3-10H2,1-2H3;2*11-12H,3-10H2,1-2H3;9-12H,3-8H2,1-2H3;3*10-11H,3-9H2,1-2H3;2*9-10H,3-8H2,1-2H3;8-9H,3-7H2,1-2H3. The Hall–Kier alpha value is -0.840. The molecule has 21 heteroatoms. The fourth-order valence-corrected chi connectivity index (χ4v) is 29.4. The number of hydrogen-bond donors (Lipinski definition) is 2. The second kappa shape index (κ2) is 64.8. The Morgan fingerprint density at radius 2 is 0.375 bits per heavy atom.